The van der Waals surface area contributed by atoms with Crippen LogP contribution in [0, 0.1) is 0 Å². The molecule has 0 atom stereocenters. The predicted octanol–water partition coefficient (Wildman–Crippen LogP) is 1.65. The van der Waals surface area contributed by atoms with Gasteiger partial charge in [0.05, 0.1) is 14.2 Å². The predicted molar refractivity (Wildman–Crippen MR) is 63.2 cm³/mol. The summed E-state index contributed by atoms with van der Waals surface area (Å²) in [5.74, 6) is 1.61. The van der Waals surface area contributed by atoms with Gasteiger partial charge in [-0.05, 0) is 24.1 Å². The molecule has 6 heteroatoms. The Balaban J connectivity index is 0.000000557. The maximum absolute atomic E-state index is 8.44. The van der Waals surface area contributed by atoms with E-state index in [-0.39, 0.29) is 0 Å². The smallest absolute Gasteiger partial charge is 0.425 e. The topological polar surface area (TPSA) is 69.7 Å². The van der Waals surface area contributed by atoms with Gasteiger partial charge in [-0.2, -0.15) is 0 Å². The van der Waals surface area contributed by atoms with Crippen molar-refractivity contribution in [3.8, 4) is 11.5 Å². The molecular weight excluding hydrogens is 244 g/mol. The van der Waals surface area contributed by atoms with E-state index in [1.54, 1.807) is 14.2 Å². The number of benzene rings is 1. The lowest BCUT2D eigenvalue weighted by molar-refractivity contribution is 0.354. The highest BCUT2D eigenvalue weighted by Gasteiger charge is 2.03. The molecule has 0 aliphatic rings. The molecule has 0 aromatic heterocycles. The van der Waals surface area contributed by atoms with Crippen LogP contribution in [-0.2, 0) is 17.0 Å². The van der Waals surface area contributed by atoms with Crippen molar-refractivity contribution in [1.82, 2.24) is 0 Å². The number of methoxy groups -OCH3 is 2. The van der Waals surface area contributed by atoms with Crippen LogP contribution in [0.1, 0.15) is 18.9 Å². The van der Waals surface area contributed by atoms with Crippen molar-refractivity contribution in [2.75, 3.05) is 14.2 Å². The highest BCUT2D eigenvalue weighted by molar-refractivity contribution is 7.59. The Bertz CT molecular complexity index is 431. The molecule has 0 fully saturated rings. The van der Waals surface area contributed by atoms with Crippen molar-refractivity contribution in [2.45, 2.75) is 19.8 Å². The molecule has 17 heavy (non-hydrogen) atoms. The zero-order valence-electron chi connectivity index (χ0n) is 10.1. The van der Waals surface area contributed by atoms with Crippen molar-refractivity contribution in [3.63, 3.8) is 0 Å². The van der Waals surface area contributed by atoms with E-state index in [9.17, 15) is 0 Å². The summed E-state index contributed by atoms with van der Waals surface area (Å²) in [5, 5.41) is 0. The van der Waals surface area contributed by atoms with Crippen LogP contribution in [0.2, 0.25) is 0 Å². The molecule has 0 unspecified atom stereocenters. The maximum atomic E-state index is 8.44. The van der Waals surface area contributed by atoms with Crippen LogP contribution in [0.4, 0.5) is 0 Å². The van der Waals surface area contributed by atoms with Crippen LogP contribution in [0.3, 0.4) is 0 Å². The largest absolute Gasteiger partial charge is 0.493 e. The molecule has 1 aromatic carbocycles. The zero-order valence-corrected chi connectivity index (χ0v) is 10.9. The van der Waals surface area contributed by atoms with Crippen LogP contribution in [-0.4, -0.2) is 26.8 Å². The van der Waals surface area contributed by atoms with Gasteiger partial charge in [0.25, 0.3) is 0 Å². The highest BCUT2D eigenvalue weighted by Crippen LogP contribution is 2.27. The Kier molecular flexibility index (Phi) is 7.79. The van der Waals surface area contributed by atoms with Gasteiger partial charge in [0, 0.05) is 0 Å². The molecule has 1 rings (SSSR count). The van der Waals surface area contributed by atoms with Crippen LogP contribution in [0.25, 0.3) is 0 Å². The average Bonchev–Trinajstić information content (AvgIpc) is 2.28. The summed E-state index contributed by atoms with van der Waals surface area (Å²) in [5.41, 5.74) is 1.29. The Morgan fingerprint density at radius 1 is 1.06 bits per heavy atom. The van der Waals surface area contributed by atoms with Gasteiger partial charge in [-0.1, -0.05) is 19.4 Å². The summed E-state index contributed by atoms with van der Waals surface area (Å²) >= 11 is 0. The summed E-state index contributed by atoms with van der Waals surface area (Å²) in [6.07, 6.45) is 2.23. The first-order valence-corrected chi connectivity index (χ1v) is 6.02. The maximum Gasteiger partial charge on any atom is 0.425 e. The molecule has 5 nitrogen and oxygen atoms in total. The summed E-state index contributed by atoms with van der Waals surface area (Å²) in [6.45, 7) is 2.16. The fraction of sp³-hybridized carbons (Fsp3) is 0.455. The number of rotatable bonds is 4. The van der Waals surface area contributed by atoms with E-state index < -0.39 is 10.6 Å². The molecule has 96 valence electrons. The lowest BCUT2D eigenvalue weighted by Crippen LogP contribution is -1.92. The number of hydrogen-bond acceptors (Lipinski definition) is 5. The van der Waals surface area contributed by atoms with E-state index >= 15 is 0 Å². The van der Waals surface area contributed by atoms with Crippen molar-refractivity contribution < 1.29 is 22.1 Å². The number of hydrogen-bond donors (Lipinski definition) is 0. The van der Waals surface area contributed by atoms with Crippen molar-refractivity contribution in [2.24, 2.45) is 0 Å². The molecule has 0 heterocycles. The van der Waals surface area contributed by atoms with E-state index in [4.69, 9.17) is 22.1 Å². The first-order chi connectivity index (χ1) is 8.04. The van der Waals surface area contributed by atoms with Gasteiger partial charge < -0.3 is 9.47 Å². The lowest BCUT2D eigenvalue weighted by Gasteiger charge is -2.08. The third kappa shape index (κ3) is 6.57. The minimum absolute atomic E-state index is 0.794. The first kappa shape index (κ1) is 15.4. The molecule has 0 aliphatic heterocycles. The Morgan fingerprint density at radius 3 is 2.00 bits per heavy atom. The summed E-state index contributed by atoms with van der Waals surface area (Å²) in [6, 6.07) is 6.05. The van der Waals surface area contributed by atoms with Gasteiger partial charge in [0.2, 0.25) is 0 Å². The van der Waals surface area contributed by atoms with E-state index in [2.05, 4.69) is 13.0 Å². The molecular formula is C11H16O5S. The molecule has 0 amide bonds. The molecule has 0 aliphatic carbocycles. The minimum Gasteiger partial charge on any atom is -0.493 e. The first-order valence-electron chi connectivity index (χ1n) is 5.02. The second kappa shape index (κ2) is 8.58. The van der Waals surface area contributed by atoms with Crippen LogP contribution in [0.15, 0.2) is 18.2 Å². The molecule has 0 bridgehead atoms. The van der Waals surface area contributed by atoms with Gasteiger partial charge in [0.15, 0.2) is 11.5 Å². The van der Waals surface area contributed by atoms with E-state index in [0.717, 1.165) is 24.3 Å². The van der Waals surface area contributed by atoms with Gasteiger partial charge >= 0.3 is 10.6 Å². The summed E-state index contributed by atoms with van der Waals surface area (Å²) in [7, 11) is 0.199. The molecule has 0 saturated carbocycles. The van der Waals surface area contributed by atoms with Crippen molar-refractivity contribution >= 4 is 10.6 Å². The second-order valence-electron chi connectivity index (χ2n) is 3.14. The summed E-state index contributed by atoms with van der Waals surface area (Å²) < 4.78 is 35.7. The van der Waals surface area contributed by atoms with E-state index in [1.807, 2.05) is 12.1 Å². The summed E-state index contributed by atoms with van der Waals surface area (Å²) in [4.78, 5) is 0. The fourth-order valence-electron chi connectivity index (χ4n) is 1.32. The monoisotopic (exact) mass is 260 g/mol. The third-order valence-electron chi connectivity index (χ3n) is 1.99. The zero-order chi connectivity index (χ0) is 13.3. The molecule has 0 spiro atoms. The SMILES string of the molecule is CCCc1ccc(OC)c(OC)c1.O=S(=O)=O. The van der Waals surface area contributed by atoms with Gasteiger partial charge in [0.1, 0.15) is 0 Å². The third-order valence-corrected chi connectivity index (χ3v) is 1.99. The van der Waals surface area contributed by atoms with Crippen LogP contribution < -0.4 is 9.47 Å². The van der Waals surface area contributed by atoms with Crippen LogP contribution >= 0.6 is 0 Å². The second-order valence-corrected chi connectivity index (χ2v) is 3.55. The number of ether oxygens (including phenoxy) is 2. The van der Waals surface area contributed by atoms with E-state index in [1.165, 1.54) is 5.56 Å². The lowest BCUT2D eigenvalue weighted by atomic mass is 10.1. The van der Waals surface area contributed by atoms with Gasteiger partial charge in [-0.25, -0.2) is 0 Å². The molecule has 0 radical (unpaired) electrons. The Hall–Kier alpha value is -1.56. The quantitative estimate of drug-likeness (QED) is 0.823. The highest BCUT2D eigenvalue weighted by atomic mass is 32.2. The Labute approximate surface area is 102 Å². The number of aryl methyl sites for hydroxylation is 1. The van der Waals surface area contributed by atoms with Gasteiger partial charge in [-0.15, -0.1) is 12.6 Å². The Morgan fingerprint density at radius 2 is 1.59 bits per heavy atom. The normalized spacial score (nSPS) is 8.88. The molecule has 0 N–H and O–H groups in total. The average molecular weight is 260 g/mol. The fourth-order valence-corrected chi connectivity index (χ4v) is 1.32. The van der Waals surface area contributed by atoms with Gasteiger partial charge in [-0.3, -0.25) is 0 Å². The van der Waals surface area contributed by atoms with E-state index in [0.29, 0.717) is 0 Å². The molecule has 1 aromatic rings. The van der Waals surface area contributed by atoms with Crippen molar-refractivity contribution in [3.05, 3.63) is 23.8 Å². The van der Waals surface area contributed by atoms with Crippen molar-refractivity contribution in [1.29, 1.82) is 0 Å². The molecule has 0 saturated heterocycles. The van der Waals surface area contributed by atoms with Crippen LogP contribution in [0.5, 0.6) is 11.5 Å². The standard InChI is InChI=1S/C11H16O2.O3S/c1-4-5-9-6-7-10(12-2)11(8-9)13-3;1-4(2)3/h6-8H,4-5H2,1-3H3;. The minimum atomic E-state index is -3.11.